The minimum atomic E-state index is -0.385. The van der Waals surface area contributed by atoms with Gasteiger partial charge in [-0.25, -0.2) is 4.98 Å². The molecule has 3 aromatic rings. The van der Waals surface area contributed by atoms with Gasteiger partial charge in [-0.1, -0.05) is 42.5 Å². The van der Waals surface area contributed by atoms with E-state index in [1.54, 1.807) is 24.3 Å². The molecular formula is C25H23N5O2. The first kappa shape index (κ1) is 21.1. The van der Waals surface area contributed by atoms with Crippen LogP contribution < -0.4 is 10.6 Å². The maximum Gasteiger partial charge on any atom is 0.244 e. The van der Waals surface area contributed by atoms with E-state index in [1.807, 2.05) is 60.1 Å². The topological polar surface area (TPSA) is 99.8 Å². The van der Waals surface area contributed by atoms with Gasteiger partial charge in [0.15, 0.2) is 0 Å². The van der Waals surface area contributed by atoms with Crippen LogP contribution in [0, 0.1) is 17.2 Å². The molecule has 1 heterocycles. The van der Waals surface area contributed by atoms with Crippen molar-refractivity contribution in [3.8, 4) is 6.07 Å². The quantitative estimate of drug-likeness (QED) is 0.626. The van der Waals surface area contributed by atoms with Gasteiger partial charge in [-0.05, 0) is 43.7 Å². The number of rotatable bonds is 6. The number of amides is 2. The Morgan fingerprint density at radius 1 is 1.22 bits per heavy atom. The predicted molar refractivity (Wildman–Crippen MR) is 122 cm³/mol. The summed E-state index contributed by atoms with van der Waals surface area (Å²) in [5, 5.41) is 14.9. The molecule has 32 heavy (non-hydrogen) atoms. The molecule has 0 fully saturated rings. The summed E-state index contributed by atoms with van der Waals surface area (Å²) in [5.74, 6) is 0.0737. The van der Waals surface area contributed by atoms with E-state index in [0.29, 0.717) is 23.5 Å². The van der Waals surface area contributed by atoms with Crippen molar-refractivity contribution in [1.29, 1.82) is 5.26 Å². The zero-order valence-electron chi connectivity index (χ0n) is 17.7. The number of carbonyl (C=O) groups is 2. The molecule has 1 aliphatic carbocycles. The second-order valence-electron chi connectivity index (χ2n) is 7.67. The second kappa shape index (κ2) is 9.31. The summed E-state index contributed by atoms with van der Waals surface area (Å²) < 4.78 is 1.82. The van der Waals surface area contributed by atoms with Gasteiger partial charge < -0.3 is 15.2 Å². The normalized spacial score (nSPS) is 15.8. The summed E-state index contributed by atoms with van der Waals surface area (Å²) in [5.41, 5.74) is 2.59. The maximum atomic E-state index is 12.8. The Balaban J connectivity index is 1.56. The van der Waals surface area contributed by atoms with Crippen molar-refractivity contribution in [2.75, 3.05) is 5.32 Å². The summed E-state index contributed by atoms with van der Waals surface area (Å²) in [6.45, 7) is 1.89. The summed E-state index contributed by atoms with van der Waals surface area (Å²) >= 11 is 0. The molecule has 2 unspecified atom stereocenters. The fourth-order valence-electron chi connectivity index (χ4n) is 3.76. The molecule has 2 aromatic carbocycles. The number of benzene rings is 2. The van der Waals surface area contributed by atoms with Crippen molar-refractivity contribution < 1.29 is 9.59 Å². The highest BCUT2D eigenvalue weighted by Crippen LogP contribution is 2.22. The SMILES string of the molecule is CC(NC(=O)C1C=CC=CC1)c1nc2ccccc2n1CC(=O)Nc1cccc(C#N)c1. The van der Waals surface area contributed by atoms with E-state index in [0.717, 1.165) is 11.0 Å². The van der Waals surface area contributed by atoms with E-state index in [-0.39, 0.29) is 30.3 Å². The highest BCUT2D eigenvalue weighted by molar-refractivity contribution is 5.92. The Hall–Kier alpha value is -4.18. The third-order valence-electron chi connectivity index (χ3n) is 5.32. The number of fused-ring (bicyclic) bond motifs is 1. The van der Waals surface area contributed by atoms with Crippen LogP contribution >= 0.6 is 0 Å². The number of hydrogen-bond donors (Lipinski definition) is 2. The molecule has 4 rings (SSSR count). The van der Waals surface area contributed by atoms with E-state index in [1.165, 1.54) is 0 Å². The number of nitrogens with one attached hydrogen (secondary N) is 2. The van der Waals surface area contributed by atoms with Crippen molar-refractivity contribution in [3.63, 3.8) is 0 Å². The maximum absolute atomic E-state index is 12.8. The van der Waals surface area contributed by atoms with Crippen LogP contribution in [0.5, 0.6) is 0 Å². The van der Waals surface area contributed by atoms with E-state index in [9.17, 15) is 9.59 Å². The second-order valence-corrected chi connectivity index (χ2v) is 7.67. The summed E-state index contributed by atoms with van der Waals surface area (Å²) in [4.78, 5) is 30.2. The smallest absolute Gasteiger partial charge is 0.244 e. The van der Waals surface area contributed by atoms with Crippen molar-refractivity contribution in [2.24, 2.45) is 5.92 Å². The fourth-order valence-corrected chi connectivity index (χ4v) is 3.76. The van der Waals surface area contributed by atoms with Gasteiger partial charge in [0.1, 0.15) is 12.4 Å². The van der Waals surface area contributed by atoms with Gasteiger partial charge in [-0.2, -0.15) is 5.26 Å². The molecule has 1 aliphatic rings. The number of aromatic nitrogens is 2. The van der Waals surface area contributed by atoms with Crippen molar-refractivity contribution in [3.05, 3.63) is 84.2 Å². The van der Waals surface area contributed by atoms with E-state index < -0.39 is 0 Å². The van der Waals surface area contributed by atoms with Crippen LogP contribution in [0.1, 0.15) is 30.8 Å². The number of nitrogens with zero attached hydrogens (tertiary/aromatic N) is 3. The Bertz CT molecular complexity index is 1260. The zero-order valence-corrected chi connectivity index (χ0v) is 17.7. The first-order valence-electron chi connectivity index (χ1n) is 10.4. The third kappa shape index (κ3) is 4.60. The highest BCUT2D eigenvalue weighted by Gasteiger charge is 2.23. The molecule has 0 aliphatic heterocycles. The molecule has 0 spiro atoms. The molecule has 0 saturated heterocycles. The van der Waals surface area contributed by atoms with Crippen molar-refractivity contribution in [1.82, 2.24) is 14.9 Å². The minimum absolute atomic E-state index is 0.0267. The lowest BCUT2D eigenvalue weighted by molar-refractivity contribution is -0.124. The van der Waals surface area contributed by atoms with E-state index in [2.05, 4.69) is 16.7 Å². The Morgan fingerprint density at radius 2 is 2.06 bits per heavy atom. The lowest BCUT2D eigenvalue weighted by Gasteiger charge is -2.19. The molecule has 0 saturated carbocycles. The van der Waals surface area contributed by atoms with Crippen LogP contribution in [-0.2, 0) is 16.1 Å². The standard InChI is InChI=1S/C25H23N5O2/c1-17(27-25(32)19-9-3-2-4-10-19)24-29-21-12-5-6-13-22(21)30(24)16-23(31)28-20-11-7-8-18(14-20)15-26/h2-9,11-14,17,19H,10,16H2,1H3,(H,27,32)(H,28,31). The van der Waals surface area contributed by atoms with Gasteiger partial charge in [0.2, 0.25) is 11.8 Å². The monoisotopic (exact) mass is 425 g/mol. The Labute approximate surface area is 186 Å². The minimum Gasteiger partial charge on any atom is -0.346 e. The summed E-state index contributed by atoms with van der Waals surface area (Å²) in [6, 6.07) is 16.0. The Kier molecular flexibility index (Phi) is 6.13. The van der Waals surface area contributed by atoms with Crippen LogP contribution in [0.4, 0.5) is 5.69 Å². The molecule has 2 amide bonds. The van der Waals surface area contributed by atoms with Crippen LogP contribution in [0.3, 0.4) is 0 Å². The number of allylic oxidation sites excluding steroid dienone is 3. The van der Waals surface area contributed by atoms with Crippen molar-refractivity contribution >= 4 is 28.5 Å². The lowest BCUT2D eigenvalue weighted by Crippen LogP contribution is -2.34. The first-order valence-corrected chi connectivity index (χ1v) is 10.4. The van der Waals surface area contributed by atoms with Gasteiger partial charge >= 0.3 is 0 Å². The van der Waals surface area contributed by atoms with Crippen LogP contribution in [0.25, 0.3) is 11.0 Å². The fraction of sp³-hybridized carbons (Fsp3) is 0.200. The molecule has 0 radical (unpaired) electrons. The lowest BCUT2D eigenvalue weighted by atomic mass is 10.00. The van der Waals surface area contributed by atoms with E-state index >= 15 is 0 Å². The predicted octanol–water partition coefficient (Wildman–Crippen LogP) is 3.86. The van der Waals surface area contributed by atoms with Crippen molar-refractivity contribution in [2.45, 2.75) is 25.9 Å². The number of carbonyl (C=O) groups excluding carboxylic acids is 2. The van der Waals surface area contributed by atoms with Crippen LogP contribution in [-0.4, -0.2) is 21.4 Å². The highest BCUT2D eigenvalue weighted by atomic mass is 16.2. The van der Waals surface area contributed by atoms with Gasteiger partial charge in [-0.3, -0.25) is 9.59 Å². The zero-order chi connectivity index (χ0) is 22.5. The van der Waals surface area contributed by atoms with Gasteiger partial charge in [-0.15, -0.1) is 0 Å². The number of anilines is 1. The molecule has 2 atom stereocenters. The molecular weight excluding hydrogens is 402 g/mol. The number of para-hydroxylation sites is 2. The third-order valence-corrected chi connectivity index (χ3v) is 5.32. The first-order chi connectivity index (χ1) is 15.5. The average Bonchev–Trinajstić information content (AvgIpc) is 3.18. The van der Waals surface area contributed by atoms with Crippen LogP contribution in [0.2, 0.25) is 0 Å². The van der Waals surface area contributed by atoms with Gasteiger partial charge in [0, 0.05) is 5.69 Å². The van der Waals surface area contributed by atoms with Crippen LogP contribution in [0.15, 0.2) is 72.8 Å². The molecule has 2 N–H and O–H groups in total. The van der Waals surface area contributed by atoms with Gasteiger partial charge in [0.25, 0.3) is 0 Å². The Morgan fingerprint density at radius 3 is 2.84 bits per heavy atom. The van der Waals surface area contributed by atoms with Gasteiger partial charge in [0.05, 0.1) is 34.6 Å². The number of imidazole rings is 1. The molecule has 1 aromatic heterocycles. The molecule has 0 bridgehead atoms. The number of nitriles is 1. The van der Waals surface area contributed by atoms with E-state index in [4.69, 9.17) is 10.2 Å². The molecule has 7 heteroatoms. The summed E-state index contributed by atoms with van der Waals surface area (Å²) in [6.07, 6.45) is 8.32. The molecule has 160 valence electrons. The number of hydrogen-bond acceptors (Lipinski definition) is 4. The molecule has 7 nitrogen and oxygen atoms in total. The average molecular weight is 425 g/mol. The summed E-state index contributed by atoms with van der Waals surface area (Å²) in [7, 11) is 0. The largest absolute Gasteiger partial charge is 0.346 e.